The molecule has 0 atom stereocenters. The second-order valence-corrected chi connectivity index (χ2v) is 9.72. The van der Waals surface area contributed by atoms with Crippen LogP contribution < -0.4 is 4.74 Å². The Morgan fingerprint density at radius 2 is 1.67 bits per heavy atom. The van der Waals surface area contributed by atoms with Gasteiger partial charge in [-0.15, -0.1) is 11.3 Å². The van der Waals surface area contributed by atoms with Crippen molar-refractivity contribution in [3.8, 4) is 16.3 Å². The van der Waals surface area contributed by atoms with E-state index in [1.807, 2.05) is 53.9 Å². The Labute approximate surface area is 164 Å². The molecule has 0 aliphatic rings. The lowest BCUT2D eigenvalue weighted by molar-refractivity contribution is 0.415. The summed E-state index contributed by atoms with van der Waals surface area (Å²) in [5.74, 6) is 1.19. The van der Waals surface area contributed by atoms with Crippen LogP contribution in [-0.4, -0.2) is 20.5 Å². The summed E-state index contributed by atoms with van der Waals surface area (Å²) in [6.07, 6.45) is 0. The van der Waals surface area contributed by atoms with E-state index in [-0.39, 0.29) is 11.5 Å². The lowest BCUT2D eigenvalue weighted by Crippen LogP contribution is -2.08. The smallest absolute Gasteiger partial charge is 0.160 e. The minimum atomic E-state index is -3.28. The zero-order valence-corrected chi connectivity index (χ0v) is 17.3. The molecule has 0 fully saturated rings. The van der Waals surface area contributed by atoms with Gasteiger partial charge in [0.25, 0.3) is 0 Å². The molecule has 1 aromatic heterocycles. The van der Waals surface area contributed by atoms with E-state index in [9.17, 15) is 8.42 Å². The highest BCUT2D eigenvalue weighted by molar-refractivity contribution is 7.89. The molecular formula is C21H23NO3S2. The van der Waals surface area contributed by atoms with Crippen LogP contribution in [0.5, 0.6) is 5.75 Å². The first-order valence-electron chi connectivity index (χ1n) is 8.74. The van der Waals surface area contributed by atoms with Crippen LogP contribution in [0.25, 0.3) is 10.6 Å². The van der Waals surface area contributed by atoms with Gasteiger partial charge in [-0.2, -0.15) is 0 Å². The number of benzene rings is 2. The summed E-state index contributed by atoms with van der Waals surface area (Å²) < 4.78 is 30.3. The summed E-state index contributed by atoms with van der Waals surface area (Å²) in [4.78, 5) is 4.50. The monoisotopic (exact) mass is 401 g/mol. The minimum absolute atomic E-state index is 0.0285. The van der Waals surface area contributed by atoms with Crippen molar-refractivity contribution in [2.45, 2.75) is 31.3 Å². The van der Waals surface area contributed by atoms with Gasteiger partial charge in [0.1, 0.15) is 10.8 Å². The third-order valence-corrected chi connectivity index (χ3v) is 6.74. The molecule has 6 heteroatoms. The molecule has 1 heterocycles. The van der Waals surface area contributed by atoms with Crippen molar-refractivity contribution in [3.63, 3.8) is 0 Å². The molecule has 0 aliphatic heterocycles. The van der Waals surface area contributed by atoms with Crippen molar-refractivity contribution in [2.75, 3.05) is 7.11 Å². The fraction of sp³-hybridized carbons (Fsp3) is 0.286. The molecule has 0 bridgehead atoms. The second-order valence-electron chi connectivity index (χ2n) is 6.80. The molecule has 0 spiro atoms. The Kier molecular flexibility index (Phi) is 5.97. The van der Waals surface area contributed by atoms with Crippen LogP contribution in [0.4, 0.5) is 0 Å². The van der Waals surface area contributed by atoms with E-state index in [0.29, 0.717) is 11.6 Å². The number of methoxy groups -OCH3 is 1. The van der Waals surface area contributed by atoms with Gasteiger partial charge >= 0.3 is 0 Å². The molecular weight excluding hydrogens is 378 g/mol. The Balaban J connectivity index is 1.69. The van der Waals surface area contributed by atoms with E-state index >= 15 is 0 Å². The molecule has 0 saturated heterocycles. The van der Waals surface area contributed by atoms with Crippen LogP contribution in [0, 0.1) is 0 Å². The molecule has 0 saturated carbocycles. The van der Waals surface area contributed by atoms with Crippen molar-refractivity contribution in [2.24, 2.45) is 0 Å². The lowest BCUT2D eigenvalue weighted by atomic mass is 10.0. The highest BCUT2D eigenvalue weighted by Crippen LogP contribution is 2.27. The number of nitrogens with zero attached hydrogens (tertiary/aromatic N) is 1. The zero-order valence-electron chi connectivity index (χ0n) is 15.7. The Bertz CT molecular complexity index is 989. The quantitative estimate of drug-likeness (QED) is 0.555. The fourth-order valence-corrected chi connectivity index (χ4v) is 5.10. The minimum Gasteiger partial charge on any atom is -0.497 e. The average molecular weight is 402 g/mol. The Morgan fingerprint density at radius 1 is 1.00 bits per heavy atom. The molecule has 3 rings (SSSR count). The van der Waals surface area contributed by atoms with E-state index < -0.39 is 9.84 Å². The van der Waals surface area contributed by atoms with E-state index in [1.54, 1.807) is 7.11 Å². The molecule has 0 radical (unpaired) electrons. The predicted molar refractivity (Wildman–Crippen MR) is 111 cm³/mol. The van der Waals surface area contributed by atoms with Crippen LogP contribution in [0.1, 0.15) is 36.6 Å². The number of hydrogen-bond donors (Lipinski definition) is 0. The average Bonchev–Trinajstić information content (AvgIpc) is 3.09. The standard InChI is InChI=1S/C21H23NO3S2/c1-15(2)17-6-4-16(5-7-17)13-27(23,24)14-19-12-26-21(22-19)18-8-10-20(25-3)11-9-18/h4-12,15H,13-14H2,1-3H3. The van der Waals surface area contributed by atoms with E-state index in [2.05, 4.69) is 18.8 Å². The van der Waals surface area contributed by atoms with Crippen LogP contribution in [0.3, 0.4) is 0 Å². The van der Waals surface area contributed by atoms with Crippen molar-refractivity contribution in [3.05, 3.63) is 70.7 Å². The maximum absolute atomic E-state index is 12.6. The van der Waals surface area contributed by atoms with Gasteiger partial charge in [-0.05, 0) is 41.3 Å². The van der Waals surface area contributed by atoms with Crippen molar-refractivity contribution in [1.82, 2.24) is 4.98 Å². The molecule has 27 heavy (non-hydrogen) atoms. The third-order valence-electron chi connectivity index (χ3n) is 4.29. The van der Waals surface area contributed by atoms with Gasteiger partial charge in [0.05, 0.1) is 24.3 Å². The normalized spacial score (nSPS) is 11.7. The summed E-state index contributed by atoms with van der Waals surface area (Å²) in [6.45, 7) is 4.24. The number of hydrogen-bond acceptors (Lipinski definition) is 5. The molecule has 0 N–H and O–H groups in total. The third kappa shape index (κ3) is 5.17. The van der Waals surface area contributed by atoms with Gasteiger partial charge in [-0.1, -0.05) is 38.1 Å². The van der Waals surface area contributed by atoms with Gasteiger partial charge in [0.15, 0.2) is 9.84 Å². The van der Waals surface area contributed by atoms with E-state index in [1.165, 1.54) is 16.9 Å². The molecule has 142 valence electrons. The second kappa shape index (κ2) is 8.23. The molecule has 4 nitrogen and oxygen atoms in total. The first-order chi connectivity index (χ1) is 12.9. The summed E-state index contributed by atoms with van der Waals surface area (Å²) in [7, 11) is -1.65. The fourth-order valence-electron chi connectivity index (χ4n) is 2.77. The number of sulfone groups is 1. The van der Waals surface area contributed by atoms with Gasteiger partial charge in [0, 0.05) is 10.9 Å². The number of aromatic nitrogens is 1. The molecule has 3 aromatic rings. The van der Waals surface area contributed by atoms with Gasteiger partial charge in [0.2, 0.25) is 0 Å². The summed E-state index contributed by atoms with van der Waals surface area (Å²) in [5, 5.41) is 2.63. The summed E-state index contributed by atoms with van der Waals surface area (Å²) in [6, 6.07) is 15.4. The van der Waals surface area contributed by atoms with Crippen LogP contribution in [0.15, 0.2) is 53.9 Å². The first-order valence-corrected chi connectivity index (χ1v) is 11.4. The zero-order chi connectivity index (χ0) is 19.4. The number of ether oxygens (including phenoxy) is 1. The van der Waals surface area contributed by atoms with Crippen molar-refractivity contribution in [1.29, 1.82) is 0 Å². The van der Waals surface area contributed by atoms with Crippen molar-refractivity contribution >= 4 is 21.2 Å². The van der Waals surface area contributed by atoms with Gasteiger partial charge in [-0.3, -0.25) is 0 Å². The number of rotatable bonds is 7. The molecule has 0 amide bonds. The molecule has 0 unspecified atom stereocenters. The van der Waals surface area contributed by atoms with E-state index in [4.69, 9.17) is 4.74 Å². The Morgan fingerprint density at radius 3 is 2.26 bits per heavy atom. The SMILES string of the molecule is COc1ccc(-c2nc(CS(=O)(=O)Cc3ccc(C(C)C)cc3)cs2)cc1. The van der Waals surface area contributed by atoms with Gasteiger partial charge < -0.3 is 4.74 Å². The summed E-state index contributed by atoms with van der Waals surface area (Å²) in [5.41, 5.74) is 3.56. The number of thiazole rings is 1. The van der Waals surface area contributed by atoms with Crippen LogP contribution in [-0.2, 0) is 21.3 Å². The molecule has 2 aromatic carbocycles. The largest absolute Gasteiger partial charge is 0.497 e. The van der Waals surface area contributed by atoms with E-state index in [0.717, 1.165) is 21.9 Å². The van der Waals surface area contributed by atoms with Gasteiger partial charge in [-0.25, -0.2) is 13.4 Å². The highest BCUT2D eigenvalue weighted by atomic mass is 32.2. The van der Waals surface area contributed by atoms with Crippen LogP contribution in [0.2, 0.25) is 0 Å². The maximum atomic E-state index is 12.6. The lowest BCUT2D eigenvalue weighted by Gasteiger charge is -2.07. The van der Waals surface area contributed by atoms with Crippen LogP contribution >= 0.6 is 11.3 Å². The maximum Gasteiger partial charge on any atom is 0.160 e. The topological polar surface area (TPSA) is 56.3 Å². The first kappa shape index (κ1) is 19.6. The van der Waals surface area contributed by atoms with Crippen molar-refractivity contribution < 1.29 is 13.2 Å². The molecule has 0 aliphatic carbocycles. The Hall–Kier alpha value is -2.18. The highest BCUT2D eigenvalue weighted by Gasteiger charge is 2.16. The summed E-state index contributed by atoms with van der Waals surface area (Å²) >= 11 is 1.45. The predicted octanol–water partition coefficient (Wildman–Crippen LogP) is 5.06.